The first-order chi connectivity index (χ1) is 8.38. The van der Waals surface area contributed by atoms with Gasteiger partial charge in [-0.3, -0.25) is 4.90 Å². The number of rotatable bonds is 5. The normalized spacial score (nSPS) is 17.9. The smallest absolute Gasteiger partial charge is 0.182 e. The third-order valence-corrected chi connectivity index (χ3v) is 4.10. The molecule has 0 aliphatic carbocycles. The van der Waals surface area contributed by atoms with Crippen molar-refractivity contribution in [2.24, 2.45) is 0 Å². The van der Waals surface area contributed by atoms with Gasteiger partial charge in [0, 0.05) is 24.2 Å². The predicted octanol–water partition coefficient (Wildman–Crippen LogP) is 3.34. The number of thiazole rings is 1. The lowest BCUT2D eigenvalue weighted by Crippen LogP contribution is -2.23. The first kappa shape index (κ1) is 12.8. The number of hydrogen-bond acceptors (Lipinski definition) is 4. The number of aromatic nitrogens is 1. The molecule has 1 N–H and O–H groups in total. The Hall–Kier alpha value is -0.610. The maximum absolute atomic E-state index is 4.42. The van der Waals surface area contributed by atoms with Crippen LogP contribution >= 0.6 is 11.3 Å². The summed E-state index contributed by atoms with van der Waals surface area (Å²) >= 11 is 1.81. The van der Waals surface area contributed by atoms with Gasteiger partial charge in [-0.2, -0.15) is 0 Å². The summed E-state index contributed by atoms with van der Waals surface area (Å²) in [4.78, 5) is 8.39. The lowest BCUT2D eigenvalue weighted by atomic mass is 10.2. The zero-order chi connectivity index (χ0) is 11.9. The van der Waals surface area contributed by atoms with Gasteiger partial charge in [0.15, 0.2) is 5.13 Å². The third-order valence-electron chi connectivity index (χ3n) is 3.16. The average Bonchev–Trinajstić information content (AvgIpc) is 2.61. The monoisotopic (exact) mass is 253 g/mol. The number of likely N-dealkylation sites (tertiary alicyclic amines) is 1. The molecule has 0 radical (unpaired) electrons. The fraction of sp³-hybridized carbons (Fsp3) is 0.769. The molecular formula is C13H23N3S. The summed E-state index contributed by atoms with van der Waals surface area (Å²) in [6.07, 6.45) is 8.72. The van der Waals surface area contributed by atoms with Crippen molar-refractivity contribution in [1.29, 1.82) is 0 Å². The summed E-state index contributed by atoms with van der Waals surface area (Å²) in [5.41, 5.74) is 0. The Morgan fingerprint density at radius 2 is 2.06 bits per heavy atom. The van der Waals surface area contributed by atoms with Crippen LogP contribution in [0.3, 0.4) is 0 Å². The predicted molar refractivity (Wildman–Crippen MR) is 74.6 cm³/mol. The van der Waals surface area contributed by atoms with Gasteiger partial charge in [0.1, 0.15) is 0 Å². The van der Waals surface area contributed by atoms with E-state index in [-0.39, 0.29) is 0 Å². The average molecular weight is 253 g/mol. The molecule has 1 aliphatic heterocycles. The standard InChI is InChI=1S/C13H23N3S/c1-2-7-14-13-15-10-12(17-13)11-16-8-5-3-4-6-9-16/h10H,2-9,11H2,1H3,(H,14,15). The molecule has 0 amide bonds. The van der Waals surface area contributed by atoms with Gasteiger partial charge in [-0.25, -0.2) is 4.98 Å². The van der Waals surface area contributed by atoms with Crippen molar-refractivity contribution in [3.63, 3.8) is 0 Å². The molecule has 0 atom stereocenters. The van der Waals surface area contributed by atoms with Gasteiger partial charge >= 0.3 is 0 Å². The molecule has 1 aliphatic rings. The SMILES string of the molecule is CCCNc1ncc(CN2CCCCCC2)s1. The molecule has 0 spiro atoms. The van der Waals surface area contributed by atoms with Crippen molar-refractivity contribution in [2.75, 3.05) is 25.0 Å². The van der Waals surface area contributed by atoms with Crippen LogP contribution in [0.1, 0.15) is 43.9 Å². The van der Waals surface area contributed by atoms with Crippen LogP contribution in [0.25, 0.3) is 0 Å². The fourth-order valence-corrected chi connectivity index (χ4v) is 3.09. The quantitative estimate of drug-likeness (QED) is 0.872. The number of hydrogen-bond donors (Lipinski definition) is 1. The van der Waals surface area contributed by atoms with Crippen molar-refractivity contribution < 1.29 is 0 Å². The van der Waals surface area contributed by atoms with Gasteiger partial charge in [-0.1, -0.05) is 19.8 Å². The Morgan fingerprint density at radius 3 is 2.76 bits per heavy atom. The molecule has 0 bridgehead atoms. The summed E-state index contributed by atoms with van der Waals surface area (Å²) in [6.45, 7) is 6.81. The van der Waals surface area contributed by atoms with E-state index in [1.54, 1.807) is 0 Å². The maximum atomic E-state index is 4.42. The summed E-state index contributed by atoms with van der Waals surface area (Å²) in [6, 6.07) is 0. The number of nitrogens with zero attached hydrogens (tertiary/aromatic N) is 2. The van der Waals surface area contributed by atoms with E-state index in [0.29, 0.717) is 0 Å². The molecule has 1 aromatic rings. The summed E-state index contributed by atoms with van der Waals surface area (Å²) in [7, 11) is 0. The molecule has 4 heteroatoms. The van der Waals surface area contributed by atoms with Crippen LogP contribution in [0.15, 0.2) is 6.20 Å². The summed E-state index contributed by atoms with van der Waals surface area (Å²) in [5.74, 6) is 0. The molecule has 1 saturated heterocycles. The van der Waals surface area contributed by atoms with E-state index >= 15 is 0 Å². The first-order valence-electron chi connectivity index (χ1n) is 6.79. The topological polar surface area (TPSA) is 28.2 Å². The van der Waals surface area contributed by atoms with Gasteiger partial charge in [-0.15, -0.1) is 11.3 Å². The van der Waals surface area contributed by atoms with Crippen LogP contribution in [0, 0.1) is 0 Å². The second kappa shape index (κ2) is 6.97. The van der Waals surface area contributed by atoms with Gasteiger partial charge in [0.05, 0.1) is 0 Å². The molecule has 0 saturated carbocycles. The van der Waals surface area contributed by atoms with E-state index in [0.717, 1.165) is 24.6 Å². The number of nitrogens with one attached hydrogen (secondary N) is 1. The molecule has 1 fully saturated rings. The number of anilines is 1. The molecule has 2 heterocycles. The van der Waals surface area contributed by atoms with Crippen molar-refractivity contribution in [2.45, 2.75) is 45.6 Å². The third kappa shape index (κ3) is 4.28. The van der Waals surface area contributed by atoms with E-state index < -0.39 is 0 Å². The lowest BCUT2D eigenvalue weighted by molar-refractivity contribution is 0.279. The Labute approximate surface area is 108 Å². The van der Waals surface area contributed by atoms with Crippen LogP contribution in [0.5, 0.6) is 0 Å². The van der Waals surface area contributed by atoms with Crippen LogP contribution in [0.4, 0.5) is 5.13 Å². The highest BCUT2D eigenvalue weighted by Gasteiger charge is 2.11. The van der Waals surface area contributed by atoms with Crippen molar-refractivity contribution in [3.8, 4) is 0 Å². The van der Waals surface area contributed by atoms with E-state index in [2.05, 4.69) is 22.1 Å². The van der Waals surface area contributed by atoms with Crippen molar-refractivity contribution >= 4 is 16.5 Å². The lowest BCUT2D eigenvalue weighted by Gasteiger charge is -2.18. The molecule has 0 aromatic carbocycles. The van der Waals surface area contributed by atoms with E-state index in [1.165, 1.54) is 43.6 Å². The van der Waals surface area contributed by atoms with E-state index in [1.807, 2.05) is 17.5 Å². The molecule has 3 nitrogen and oxygen atoms in total. The highest BCUT2D eigenvalue weighted by Crippen LogP contribution is 2.21. The molecule has 1 aromatic heterocycles. The Morgan fingerprint density at radius 1 is 1.29 bits per heavy atom. The van der Waals surface area contributed by atoms with Crippen LogP contribution < -0.4 is 5.32 Å². The zero-order valence-corrected chi connectivity index (χ0v) is 11.6. The molecule has 96 valence electrons. The van der Waals surface area contributed by atoms with Gasteiger partial charge < -0.3 is 5.32 Å². The van der Waals surface area contributed by atoms with Crippen LogP contribution in [0.2, 0.25) is 0 Å². The highest BCUT2D eigenvalue weighted by atomic mass is 32.1. The van der Waals surface area contributed by atoms with Gasteiger partial charge in [0.2, 0.25) is 0 Å². The zero-order valence-electron chi connectivity index (χ0n) is 10.7. The summed E-state index contributed by atoms with van der Waals surface area (Å²) < 4.78 is 0. The maximum Gasteiger partial charge on any atom is 0.182 e. The van der Waals surface area contributed by atoms with E-state index in [9.17, 15) is 0 Å². The molecule has 17 heavy (non-hydrogen) atoms. The van der Waals surface area contributed by atoms with Crippen molar-refractivity contribution in [3.05, 3.63) is 11.1 Å². The van der Waals surface area contributed by atoms with Gasteiger partial charge in [-0.05, 0) is 32.4 Å². The highest BCUT2D eigenvalue weighted by molar-refractivity contribution is 7.15. The Balaban J connectivity index is 1.82. The van der Waals surface area contributed by atoms with Gasteiger partial charge in [0.25, 0.3) is 0 Å². The Kier molecular flexibility index (Phi) is 5.26. The molecular weight excluding hydrogens is 230 g/mol. The minimum absolute atomic E-state index is 1.02. The second-order valence-corrected chi connectivity index (χ2v) is 5.86. The summed E-state index contributed by atoms with van der Waals surface area (Å²) in [5, 5.41) is 4.43. The largest absolute Gasteiger partial charge is 0.362 e. The Bertz CT molecular complexity index is 316. The van der Waals surface area contributed by atoms with Crippen LogP contribution in [-0.2, 0) is 6.54 Å². The molecule has 2 rings (SSSR count). The minimum Gasteiger partial charge on any atom is -0.362 e. The first-order valence-corrected chi connectivity index (χ1v) is 7.61. The second-order valence-electron chi connectivity index (χ2n) is 4.75. The van der Waals surface area contributed by atoms with E-state index in [4.69, 9.17) is 0 Å². The van der Waals surface area contributed by atoms with Crippen molar-refractivity contribution in [1.82, 2.24) is 9.88 Å². The molecule has 0 unspecified atom stereocenters. The fourth-order valence-electron chi connectivity index (χ4n) is 2.21. The van der Waals surface area contributed by atoms with Crippen LogP contribution in [-0.4, -0.2) is 29.5 Å². The minimum atomic E-state index is 1.02.